The first-order valence-corrected chi connectivity index (χ1v) is 21.8. The van der Waals surface area contributed by atoms with E-state index in [1.165, 1.54) is 53.9 Å². The molecule has 0 fully saturated rings. The molecule has 0 aliphatic rings. The van der Waals surface area contributed by atoms with Crippen LogP contribution in [-0.4, -0.2) is 0 Å². The van der Waals surface area contributed by atoms with E-state index in [1.807, 2.05) is 0 Å². The summed E-state index contributed by atoms with van der Waals surface area (Å²) in [5.41, 5.74) is 10.1. The Hall–Kier alpha value is -8.60. The highest BCUT2D eigenvalue weighted by Crippen LogP contribution is 2.49. The van der Waals surface area contributed by atoms with Crippen LogP contribution in [0.4, 0.5) is 34.1 Å². The van der Waals surface area contributed by atoms with E-state index in [-0.39, 0.29) is 0 Å². The van der Waals surface area contributed by atoms with Crippen LogP contribution in [0.1, 0.15) is 0 Å². The normalized spacial score (nSPS) is 12.1. The fraction of sp³-hybridized carbons (Fsp3) is 0. The van der Waals surface area contributed by atoms with Gasteiger partial charge in [-0.1, -0.05) is 133 Å². The molecule has 14 rings (SSSR count). The highest BCUT2D eigenvalue weighted by atomic mass is 16.3. The van der Waals surface area contributed by atoms with Gasteiger partial charge in [0.15, 0.2) is 0 Å². The van der Waals surface area contributed by atoms with Crippen molar-refractivity contribution < 1.29 is 8.83 Å². The third kappa shape index (κ3) is 5.11. The molecule has 0 spiro atoms. The molecule has 2 heterocycles. The number of furan rings is 2. The maximum Gasteiger partial charge on any atom is 0.136 e. The zero-order chi connectivity index (χ0) is 41.9. The smallest absolute Gasteiger partial charge is 0.136 e. The van der Waals surface area contributed by atoms with Gasteiger partial charge in [0.05, 0.1) is 11.4 Å². The van der Waals surface area contributed by atoms with E-state index in [2.05, 4.69) is 228 Å². The lowest BCUT2D eigenvalue weighted by atomic mass is 9.91. The molecule has 0 saturated carbocycles. The number of fused-ring (bicyclic) bond motifs is 10. The van der Waals surface area contributed by atoms with Crippen molar-refractivity contribution in [2.75, 3.05) is 9.80 Å². The molecule has 0 amide bonds. The first-order chi connectivity index (χ1) is 31.7. The van der Waals surface area contributed by atoms with Gasteiger partial charge in [-0.2, -0.15) is 0 Å². The second-order valence-electron chi connectivity index (χ2n) is 16.8. The van der Waals surface area contributed by atoms with Gasteiger partial charge in [-0.3, -0.25) is 0 Å². The predicted molar refractivity (Wildman–Crippen MR) is 269 cm³/mol. The van der Waals surface area contributed by atoms with Gasteiger partial charge in [-0.25, -0.2) is 0 Å². The van der Waals surface area contributed by atoms with Gasteiger partial charge in [0, 0.05) is 55.1 Å². The topological polar surface area (TPSA) is 32.8 Å². The maximum absolute atomic E-state index is 6.47. The molecule has 64 heavy (non-hydrogen) atoms. The van der Waals surface area contributed by atoms with Gasteiger partial charge < -0.3 is 18.6 Å². The minimum atomic E-state index is 0.877. The summed E-state index contributed by atoms with van der Waals surface area (Å²) in [6, 6.07) is 78.7. The summed E-state index contributed by atoms with van der Waals surface area (Å²) in [7, 11) is 0. The molecule has 4 heteroatoms. The van der Waals surface area contributed by atoms with Crippen molar-refractivity contribution in [2.24, 2.45) is 0 Å². The van der Waals surface area contributed by atoms with Gasteiger partial charge in [0.2, 0.25) is 0 Å². The predicted octanol–water partition coefficient (Wildman–Crippen LogP) is 17.6. The molecule has 14 aromatic rings. The van der Waals surface area contributed by atoms with Crippen LogP contribution in [-0.2, 0) is 0 Å². The van der Waals surface area contributed by atoms with E-state index in [9.17, 15) is 0 Å². The summed E-state index contributed by atoms with van der Waals surface area (Å²) >= 11 is 0. The Balaban J connectivity index is 0.998. The minimum Gasteiger partial charge on any atom is -0.456 e. The number of nitrogens with zero attached hydrogens (tertiary/aromatic N) is 2. The van der Waals surface area contributed by atoms with E-state index in [0.717, 1.165) is 78.0 Å². The lowest BCUT2D eigenvalue weighted by molar-refractivity contribution is 0.669. The number of anilines is 6. The number of para-hydroxylation sites is 2. The lowest BCUT2D eigenvalue weighted by Gasteiger charge is -2.29. The summed E-state index contributed by atoms with van der Waals surface area (Å²) < 4.78 is 12.9. The molecular weight excluding hydrogens is 781 g/mol. The largest absolute Gasteiger partial charge is 0.456 e. The van der Waals surface area contributed by atoms with Gasteiger partial charge in [0.1, 0.15) is 22.3 Å². The Kier molecular flexibility index (Phi) is 7.36. The third-order valence-corrected chi connectivity index (χ3v) is 13.3. The van der Waals surface area contributed by atoms with E-state index >= 15 is 0 Å². The van der Waals surface area contributed by atoms with E-state index in [1.54, 1.807) is 0 Å². The van der Waals surface area contributed by atoms with E-state index in [0.29, 0.717) is 0 Å². The molecule has 2 aromatic heterocycles. The third-order valence-electron chi connectivity index (χ3n) is 13.3. The highest BCUT2D eigenvalue weighted by Gasteiger charge is 2.23. The number of rotatable bonds is 6. The molecule has 0 atom stereocenters. The standard InChI is InChI=1S/C60H36N2O2/c1-3-13-41(14-4-1)61(43-25-33-53-49(35-43)59-45-17-9-7-11-37(45)23-31-55(59)63-53)51-29-21-39-20-28-48-52(30-22-40-19-27-47(51)57(39)58(40)48)62(42-15-5-2-6-16-42)44-26-34-54-50(36-44)60-46-18-10-8-12-38(46)24-32-56(60)64-54/h1-36H. The fourth-order valence-electron chi connectivity index (χ4n) is 10.5. The van der Waals surface area contributed by atoms with E-state index < -0.39 is 0 Å². The molecule has 0 radical (unpaired) electrons. The van der Waals surface area contributed by atoms with Gasteiger partial charge in [-0.15, -0.1) is 0 Å². The van der Waals surface area contributed by atoms with Gasteiger partial charge >= 0.3 is 0 Å². The maximum atomic E-state index is 6.47. The first kappa shape index (κ1) is 35.0. The van der Waals surface area contributed by atoms with Gasteiger partial charge in [-0.05, 0) is 128 Å². The lowest BCUT2D eigenvalue weighted by Crippen LogP contribution is -2.11. The van der Waals surface area contributed by atoms with Crippen molar-refractivity contribution in [3.8, 4) is 0 Å². The first-order valence-electron chi connectivity index (χ1n) is 21.8. The summed E-state index contributed by atoms with van der Waals surface area (Å²) in [5, 5.41) is 16.5. The molecule has 0 bridgehead atoms. The van der Waals surface area contributed by atoms with Crippen molar-refractivity contribution in [3.63, 3.8) is 0 Å². The van der Waals surface area contributed by atoms with Crippen molar-refractivity contribution in [1.29, 1.82) is 0 Å². The van der Waals surface area contributed by atoms with Crippen LogP contribution in [0.5, 0.6) is 0 Å². The molecule has 298 valence electrons. The molecule has 0 N–H and O–H groups in total. The SMILES string of the molecule is c1ccc(N(c2ccc3oc4ccc5ccccc5c4c3c2)c2ccc3ccc4c(N(c5ccccc5)c5ccc6oc7ccc8ccccc8c7c6c5)ccc5ccc2c3c54)cc1. The summed E-state index contributed by atoms with van der Waals surface area (Å²) in [6.07, 6.45) is 0. The Morgan fingerprint density at radius 1 is 0.234 bits per heavy atom. The van der Waals surface area contributed by atoms with Crippen molar-refractivity contribution in [1.82, 2.24) is 0 Å². The van der Waals surface area contributed by atoms with Crippen LogP contribution in [0.2, 0.25) is 0 Å². The quantitative estimate of drug-likeness (QED) is 0.157. The Bertz CT molecular complexity index is 3880. The average Bonchev–Trinajstić information content (AvgIpc) is 3.93. The molecule has 0 saturated heterocycles. The number of hydrogen-bond donors (Lipinski definition) is 0. The molecule has 0 aliphatic heterocycles. The Morgan fingerprint density at radius 2 is 0.625 bits per heavy atom. The zero-order valence-corrected chi connectivity index (χ0v) is 34.5. The number of benzene rings is 12. The average molecular weight is 817 g/mol. The fourth-order valence-corrected chi connectivity index (χ4v) is 10.5. The van der Waals surface area contributed by atoms with Crippen molar-refractivity contribution in [3.05, 3.63) is 218 Å². The molecule has 4 nitrogen and oxygen atoms in total. The summed E-state index contributed by atoms with van der Waals surface area (Å²) in [6.45, 7) is 0. The summed E-state index contributed by atoms with van der Waals surface area (Å²) in [5.74, 6) is 0. The minimum absolute atomic E-state index is 0.877. The second kappa shape index (κ2) is 13.4. The number of hydrogen-bond acceptors (Lipinski definition) is 4. The summed E-state index contributed by atoms with van der Waals surface area (Å²) in [4.78, 5) is 4.81. The highest BCUT2D eigenvalue weighted by molar-refractivity contribution is 6.29. The molecule has 0 aliphatic carbocycles. The van der Waals surface area contributed by atoms with Crippen LogP contribution >= 0.6 is 0 Å². The zero-order valence-electron chi connectivity index (χ0n) is 34.5. The molecule has 12 aromatic carbocycles. The van der Waals surface area contributed by atoms with Crippen LogP contribution in [0.25, 0.3) is 97.7 Å². The van der Waals surface area contributed by atoms with E-state index in [4.69, 9.17) is 8.83 Å². The second-order valence-corrected chi connectivity index (χ2v) is 16.8. The Labute approximate surface area is 367 Å². The van der Waals surface area contributed by atoms with Crippen LogP contribution in [0.3, 0.4) is 0 Å². The monoisotopic (exact) mass is 816 g/mol. The van der Waals surface area contributed by atoms with Gasteiger partial charge in [0.25, 0.3) is 0 Å². The van der Waals surface area contributed by atoms with Crippen LogP contribution < -0.4 is 9.80 Å². The Morgan fingerprint density at radius 3 is 1.09 bits per heavy atom. The molecular formula is C60H36N2O2. The molecule has 0 unspecified atom stereocenters. The van der Waals surface area contributed by atoms with Crippen LogP contribution in [0, 0.1) is 0 Å². The van der Waals surface area contributed by atoms with Crippen molar-refractivity contribution in [2.45, 2.75) is 0 Å². The van der Waals surface area contributed by atoms with Crippen LogP contribution in [0.15, 0.2) is 227 Å². The van der Waals surface area contributed by atoms with Crippen molar-refractivity contribution >= 4 is 132 Å².